The average molecular weight is 173 g/mol. The second-order valence-corrected chi connectivity index (χ2v) is 3.60. The number of carbonyl (C=O) groups excluding carboxylic acids is 1. The first-order chi connectivity index (χ1) is 5.42. The van der Waals surface area contributed by atoms with Gasteiger partial charge < -0.3 is 10.5 Å². The number of ether oxygens (including phenoxy) is 1. The first kappa shape index (κ1) is 11.4. The van der Waals surface area contributed by atoms with Crippen molar-refractivity contribution < 1.29 is 9.53 Å². The van der Waals surface area contributed by atoms with Crippen LogP contribution in [0.15, 0.2) is 0 Å². The molecule has 3 heteroatoms. The lowest BCUT2D eigenvalue weighted by molar-refractivity contribution is -0.134. The van der Waals surface area contributed by atoms with Crippen LogP contribution in [-0.4, -0.2) is 18.6 Å². The second-order valence-electron chi connectivity index (χ2n) is 3.60. The molecule has 0 aliphatic heterocycles. The Kier molecular flexibility index (Phi) is 4.24. The van der Waals surface area contributed by atoms with E-state index in [0.717, 1.165) is 6.42 Å². The van der Waals surface area contributed by atoms with Crippen LogP contribution in [0.5, 0.6) is 0 Å². The summed E-state index contributed by atoms with van der Waals surface area (Å²) in [5.74, 6) is -0.314. The zero-order valence-electron chi connectivity index (χ0n) is 8.39. The van der Waals surface area contributed by atoms with Gasteiger partial charge in [0.15, 0.2) is 0 Å². The maximum absolute atomic E-state index is 11.0. The molecule has 0 saturated heterocycles. The van der Waals surface area contributed by atoms with E-state index in [-0.39, 0.29) is 12.0 Å². The summed E-state index contributed by atoms with van der Waals surface area (Å²) in [6, 6.07) is 0. The molecule has 0 aliphatic rings. The quantitative estimate of drug-likeness (QED) is 0.681. The fourth-order valence-electron chi connectivity index (χ4n) is 0.703. The highest BCUT2D eigenvalue weighted by Gasteiger charge is 2.32. The average Bonchev–Trinajstić information content (AvgIpc) is 1.99. The maximum Gasteiger partial charge on any atom is 0.225 e. The van der Waals surface area contributed by atoms with Gasteiger partial charge in [0, 0.05) is 6.61 Å². The lowest BCUT2D eigenvalue weighted by Gasteiger charge is -2.28. The van der Waals surface area contributed by atoms with E-state index in [0.29, 0.717) is 6.61 Å². The summed E-state index contributed by atoms with van der Waals surface area (Å²) in [6.45, 7) is 8.19. The standard InChI is InChI=1S/C9H19NO2/c1-5-6-12-7(2)9(3,4)8(10)11/h7H,5-6H2,1-4H3,(H2,10,11). The molecule has 1 atom stereocenters. The van der Waals surface area contributed by atoms with Crippen molar-refractivity contribution in [2.24, 2.45) is 11.1 Å². The highest BCUT2D eigenvalue weighted by Crippen LogP contribution is 2.22. The molecule has 2 N–H and O–H groups in total. The van der Waals surface area contributed by atoms with E-state index in [4.69, 9.17) is 10.5 Å². The Morgan fingerprint density at radius 3 is 2.42 bits per heavy atom. The number of primary amides is 1. The van der Waals surface area contributed by atoms with Crippen LogP contribution in [0.25, 0.3) is 0 Å². The Balaban J connectivity index is 4.06. The van der Waals surface area contributed by atoms with Crippen molar-refractivity contribution in [2.45, 2.75) is 40.2 Å². The second kappa shape index (κ2) is 4.45. The molecule has 0 saturated carbocycles. The van der Waals surface area contributed by atoms with Crippen LogP contribution in [0.2, 0.25) is 0 Å². The molecule has 72 valence electrons. The third kappa shape index (κ3) is 2.81. The van der Waals surface area contributed by atoms with Crippen LogP contribution in [-0.2, 0) is 9.53 Å². The van der Waals surface area contributed by atoms with Crippen LogP contribution in [0.4, 0.5) is 0 Å². The molecule has 0 spiro atoms. The zero-order chi connectivity index (χ0) is 9.78. The van der Waals surface area contributed by atoms with E-state index in [2.05, 4.69) is 0 Å². The lowest BCUT2D eigenvalue weighted by atomic mass is 9.87. The van der Waals surface area contributed by atoms with E-state index >= 15 is 0 Å². The largest absolute Gasteiger partial charge is 0.377 e. The molecule has 0 radical (unpaired) electrons. The molecule has 0 heterocycles. The number of hydrogen-bond donors (Lipinski definition) is 1. The lowest BCUT2D eigenvalue weighted by Crippen LogP contribution is -2.41. The first-order valence-electron chi connectivity index (χ1n) is 4.34. The fraction of sp³-hybridized carbons (Fsp3) is 0.889. The summed E-state index contributed by atoms with van der Waals surface area (Å²) in [7, 11) is 0. The molecule has 0 fully saturated rings. The summed E-state index contributed by atoms with van der Waals surface area (Å²) in [5.41, 5.74) is 4.65. The fourth-order valence-corrected chi connectivity index (χ4v) is 0.703. The van der Waals surface area contributed by atoms with Crippen molar-refractivity contribution in [1.82, 2.24) is 0 Å². The van der Waals surface area contributed by atoms with Gasteiger partial charge in [0.1, 0.15) is 0 Å². The van der Waals surface area contributed by atoms with Crippen molar-refractivity contribution in [3.8, 4) is 0 Å². The van der Waals surface area contributed by atoms with Crippen LogP contribution < -0.4 is 5.73 Å². The number of amides is 1. The van der Waals surface area contributed by atoms with E-state index in [1.54, 1.807) is 13.8 Å². The Morgan fingerprint density at radius 1 is 1.58 bits per heavy atom. The molecule has 0 rings (SSSR count). The Labute approximate surface area is 74.3 Å². The molecule has 1 unspecified atom stereocenters. The van der Waals surface area contributed by atoms with Crippen LogP contribution >= 0.6 is 0 Å². The number of rotatable bonds is 5. The van der Waals surface area contributed by atoms with E-state index in [9.17, 15) is 4.79 Å². The van der Waals surface area contributed by atoms with Crippen LogP contribution in [0.1, 0.15) is 34.1 Å². The van der Waals surface area contributed by atoms with Gasteiger partial charge in [-0.1, -0.05) is 6.92 Å². The van der Waals surface area contributed by atoms with Crippen molar-refractivity contribution in [2.75, 3.05) is 6.61 Å². The van der Waals surface area contributed by atoms with Gasteiger partial charge in [-0.05, 0) is 27.2 Å². The molecule has 0 aromatic rings. The van der Waals surface area contributed by atoms with Gasteiger partial charge in [0.25, 0.3) is 0 Å². The van der Waals surface area contributed by atoms with Crippen molar-refractivity contribution in [1.29, 1.82) is 0 Å². The molecular formula is C9H19NO2. The van der Waals surface area contributed by atoms with Crippen LogP contribution in [0, 0.1) is 5.41 Å². The van der Waals surface area contributed by atoms with E-state index in [1.807, 2.05) is 13.8 Å². The summed E-state index contributed by atoms with van der Waals surface area (Å²) >= 11 is 0. The minimum atomic E-state index is -0.574. The highest BCUT2D eigenvalue weighted by atomic mass is 16.5. The van der Waals surface area contributed by atoms with Gasteiger partial charge in [-0.15, -0.1) is 0 Å². The van der Waals surface area contributed by atoms with Gasteiger partial charge in [-0.3, -0.25) is 4.79 Å². The number of hydrogen-bond acceptors (Lipinski definition) is 2. The molecule has 1 amide bonds. The molecule has 0 aromatic heterocycles. The maximum atomic E-state index is 11.0. The van der Waals surface area contributed by atoms with Crippen molar-refractivity contribution in [3.05, 3.63) is 0 Å². The van der Waals surface area contributed by atoms with Crippen molar-refractivity contribution in [3.63, 3.8) is 0 Å². The van der Waals surface area contributed by atoms with Gasteiger partial charge in [0.05, 0.1) is 11.5 Å². The monoisotopic (exact) mass is 173 g/mol. The summed E-state index contributed by atoms with van der Waals surface area (Å²) in [4.78, 5) is 11.0. The molecule has 0 bridgehead atoms. The third-order valence-corrected chi connectivity index (χ3v) is 2.22. The highest BCUT2D eigenvalue weighted by molar-refractivity contribution is 5.80. The molecule has 0 aromatic carbocycles. The molecule has 12 heavy (non-hydrogen) atoms. The normalized spacial score (nSPS) is 14.3. The minimum absolute atomic E-state index is 0.116. The van der Waals surface area contributed by atoms with Gasteiger partial charge in [-0.2, -0.15) is 0 Å². The zero-order valence-corrected chi connectivity index (χ0v) is 8.39. The van der Waals surface area contributed by atoms with Gasteiger partial charge in [0.2, 0.25) is 5.91 Å². The summed E-state index contributed by atoms with van der Waals surface area (Å²) < 4.78 is 5.42. The molecule has 0 aliphatic carbocycles. The van der Waals surface area contributed by atoms with E-state index < -0.39 is 5.41 Å². The van der Waals surface area contributed by atoms with Crippen molar-refractivity contribution >= 4 is 5.91 Å². The molecule has 3 nitrogen and oxygen atoms in total. The number of nitrogens with two attached hydrogens (primary N) is 1. The third-order valence-electron chi connectivity index (χ3n) is 2.22. The first-order valence-corrected chi connectivity index (χ1v) is 4.34. The van der Waals surface area contributed by atoms with E-state index in [1.165, 1.54) is 0 Å². The molecular weight excluding hydrogens is 154 g/mol. The predicted molar refractivity (Wildman–Crippen MR) is 48.7 cm³/mol. The predicted octanol–water partition coefficient (Wildman–Crippen LogP) is 1.31. The summed E-state index contributed by atoms with van der Waals surface area (Å²) in [5, 5.41) is 0. The SMILES string of the molecule is CCCOC(C)C(C)(C)C(N)=O. The smallest absolute Gasteiger partial charge is 0.225 e. The summed E-state index contributed by atoms with van der Waals surface area (Å²) in [6.07, 6.45) is 0.842. The topological polar surface area (TPSA) is 52.3 Å². The Hall–Kier alpha value is -0.570. The Morgan fingerprint density at radius 2 is 2.08 bits per heavy atom. The van der Waals surface area contributed by atoms with Crippen LogP contribution in [0.3, 0.4) is 0 Å². The Bertz CT molecular complexity index is 155. The number of carbonyl (C=O) groups is 1. The minimum Gasteiger partial charge on any atom is -0.377 e. The van der Waals surface area contributed by atoms with Gasteiger partial charge in [-0.25, -0.2) is 0 Å². The van der Waals surface area contributed by atoms with Gasteiger partial charge >= 0.3 is 0 Å².